The van der Waals surface area contributed by atoms with Crippen molar-refractivity contribution in [2.45, 2.75) is 24.9 Å². The van der Waals surface area contributed by atoms with Gasteiger partial charge in [-0.3, -0.25) is 9.89 Å². The Morgan fingerprint density at radius 3 is 2.75 bits per heavy atom. The molecular weight excluding hydrogens is 439 g/mol. The number of morpholine rings is 1. The Hall–Kier alpha value is -0.570. The average Bonchev–Trinajstić information content (AvgIpc) is 3.40. The minimum absolute atomic E-state index is 0. The Labute approximate surface area is 166 Å². The molecule has 0 radical (unpaired) electrons. The quantitative estimate of drug-likeness (QED) is 0.414. The Bertz CT molecular complexity index is 561. The molecule has 2 fully saturated rings. The van der Waals surface area contributed by atoms with Gasteiger partial charge in [0.1, 0.15) is 0 Å². The van der Waals surface area contributed by atoms with Gasteiger partial charge in [-0.15, -0.1) is 24.0 Å². The van der Waals surface area contributed by atoms with Gasteiger partial charge in [-0.25, -0.2) is 0 Å². The SMILES string of the molecule is CN(C(N)=NCC(c1cccc(Cl)c1)N1CCOCC1)C1CC1.I. The van der Waals surface area contributed by atoms with Gasteiger partial charge in [-0.1, -0.05) is 23.7 Å². The molecule has 0 aromatic heterocycles. The summed E-state index contributed by atoms with van der Waals surface area (Å²) in [6, 6.07) is 8.80. The molecule has 0 bridgehead atoms. The van der Waals surface area contributed by atoms with Crippen LogP contribution < -0.4 is 5.73 Å². The van der Waals surface area contributed by atoms with Crippen molar-refractivity contribution < 1.29 is 4.74 Å². The predicted molar refractivity (Wildman–Crippen MR) is 109 cm³/mol. The van der Waals surface area contributed by atoms with Crippen LogP contribution in [-0.2, 0) is 4.74 Å². The molecule has 1 atom stereocenters. The van der Waals surface area contributed by atoms with E-state index < -0.39 is 0 Å². The van der Waals surface area contributed by atoms with Gasteiger partial charge in [0.2, 0.25) is 0 Å². The Kier molecular flexibility index (Phi) is 7.59. The zero-order valence-corrected chi connectivity index (χ0v) is 17.1. The summed E-state index contributed by atoms with van der Waals surface area (Å²) >= 11 is 6.18. The van der Waals surface area contributed by atoms with Crippen LogP contribution in [0.15, 0.2) is 29.3 Å². The molecule has 1 unspecified atom stereocenters. The summed E-state index contributed by atoms with van der Waals surface area (Å²) < 4.78 is 5.48. The number of hydrogen-bond acceptors (Lipinski definition) is 3. The number of hydrogen-bond donors (Lipinski definition) is 1. The van der Waals surface area contributed by atoms with E-state index in [2.05, 4.69) is 20.9 Å². The highest BCUT2D eigenvalue weighted by Crippen LogP contribution is 2.26. The van der Waals surface area contributed by atoms with Crippen LogP contribution in [0.5, 0.6) is 0 Å². The van der Waals surface area contributed by atoms with E-state index in [9.17, 15) is 0 Å². The topological polar surface area (TPSA) is 54.1 Å². The zero-order valence-electron chi connectivity index (χ0n) is 14.0. The largest absolute Gasteiger partial charge is 0.379 e. The van der Waals surface area contributed by atoms with Gasteiger partial charge in [0.15, 0.2) is 5.96 Å². The molecule has 2 N–H and O–H groups in total. The van der Waals surface area contributed by atoms with Crippen LogP contribution in [0.25, 0.3) is 0 Å². The van der Waals surface area contributed by atoms with E-state index in [0.717, 1.165) is 31.3 Å². The van der Waals surface area contributed by atoms with Crippen molar-refractivity contribution in [3.8, 4) is 0 Å². The Morgan fingerprint density at radius 1 is 1.42 bits per heavy atom. The molecule has 7 heteroatoms. The fraction of sp³-hybridized carbons (Fsp3) is 0.588. The van der Waals surface area contributed by atoms with E-state index in [1.165, 1.54) is 18.4 Å². The van der Waals surface area contributed by atoms with Gasteiger partial charge < -0.3 is 15.4 Å². The second-order valence-electron chi connectivity index (χ2n) is 6.26. The van der Waals surface area contributed by atoms with Crippen LogP contribution in [0.4, 0.5) is 0 Å². The summed E-state index contributed by atoms with van der Waals surface area (Å²) in [6.07, 6.45) is 2.43. The molecule has 5 nitrogen and oxygen atoms in total. The molecule has 24 heavy (non-hydrogen) atoms. The lowest BCUT2D eigenvalue weighted by Gasteiger charge is -2.34. The zero-order chi connectivity index (χ0) is 16.2. The van der Waals surface area contributed by atoms with Gasteiger partial charge in [-0.2, -0.15) is 0 Å². The summed E-state index contributed by atoms with van der Waals surface area (Å²) in [6.45, 7) is 3.98. The highest BCUT2D eigenvalue weighted by atomic mass is 127. The lowest BCUT2D eigenvalue weighted by molar-refractivity contribution is 0.0179. The van der Waals surface area contributed by atoms with Crippen LogP contribution in [0.2, 0.25) is 5.02 Å². The van der Waals surface area contributed by atoms with Crippen LogP contribution in [-0.4, -0.2) is 61.7 Å². The molecule has 1 saturated carbocycles. The maximum Gasteiger partial charge on any atom is 0.191 e. The summed E-state index contributed by atoms with van der Waals surface area (Å²) in [5, 5.41) is 0.757. The van der Waals surface area contributed by atoms with Gasteiger partial charge in [0.05, 0.1) is 25.8 Å². The Morgan fingerprint density at radius 2 is 2.12 bits per heavy atom. The second-order valence-corrected chi connectivity index (χ2v) is 6.70. The van der Waals surface area contributed by atoms with Gasteiger partial charge in [0, 0.05) is 31.2 Å². The van der Waals surface area contributed by atoms with Crippen molar-refractivity contribution in [2.24, 2.45) is 10.7 Å². The van der Waals surface area contributed by atoms with Crippen LogP contribution >= 0.6 is 35.6 Å². The summed E-state index contributed by atoms with van der Waals surface area (Å²) in [4.78, 5) is 9.16. The molecule has 1 aromatic carbocycles. The summed E-state index contributed by atoms with van der Waals surface area (Å²) in [5.74, 6) is 0.632. The molecule has 1 saturated heterocycles. The Balaban J connectivity index is 0.00000208. The van der Waals surface area contributed by atoms with Crippen molar-refractivity contribution in [1.29, 1.82) is 0 Å². The second kappa shape index (κ2) is 9.22. The molecule has 1 aliphatic carbocycles. The van der Waals surface area contributed by atoms with E-state index in [1.807, 2.05) is 25.2 Å². The minimum atomic E-state index is 0. The third-order valence-corrected chi connectivity index (χ3v) is 4.84. The number of aliphatic imine (C=N–C) groups is 1. The lowest BCUT2D eigenvalue weighted by atomic mass is 10.0. The standard InChI is InChI=1S/C17H25ClN4O.HI/c1-21(15-5-6-15)17(19)20-12-16(22-7-9-23-10-8-22)13-3-2-4-14(18)11-13;/h2-4,11,15-16H,5-10,12H2,1H3,(H2,19,20);1H. The number of nitrogens with two attached hydrogens (primary N) is 1. The van der Waals surface area contributed by atoms with Gasteiger partial charge in [-0.05, 0) is 30.5 Å². The van der Waals surface area contributed by atoms with Crippen molar-refractivity contribution in [3.05, 3.63) is 34.9 Å². The maximum absolute atomic E-state index is 6.18. The molecule has 0 amide bonds. The summed E-state index contributed by atoms with van der Waals surface area (Å²) in [7, 11) is 2.03. The molecule has 1 heterocycles. The average molecular weight is 465 g/mol. The highest BCUT2D eigenvalue weighted by Gasteiger charge is 2.28. The van der Waals surface area contributed by atoms with Crippen LogP contribution in [0, 0.1) is 0 Å². The first-order valence-corrected chi connectivity index (χ1v) is 8.63. The molecule has 0 spiro atoms. The van der Waals surface area contributed by atoms with E-state index in [-0.39, 0.29) is 30.0 Å². The van der Waals surface area contributed by atoms with Gasteiger partial charge in [0.25, 0.3) is 0 Å². The first kappa shape index (κ1) is 19.8. The normalized spacial score (nSPS) is 20.3. The number of rotatable bonds is 5. The minimum Gasteiger partial charge on any atom is -0.379 e. The van der Waals surface area contributed by atoms with E-state index in [1.54, 1.807) is 0 Å². The van der Waals surface area contributed by atoms with Crippen LogP contribution in [0.1, 0.15) is 24.4 Å². The highest BCUT2D eigenvalue weighted by molar-refractivity contribution is 14.0. The molecule has 3 rings (SSSR count). The maximum atomic E-state index is 6.18. The number of ether oxygens (including phenoxy) is 1. The monoisotopic (exact) mass is 464 g/mol. The fourth-order valence-corrected chi connectivity index (χ4v) is 3.17. The molecule has 2 aliphatic rings. The first-order valence-electron chi connectivity index (χ1n) is 8.25. The number of nitrogens with zero attached hydrogens (tertiary/aromatic N) is 3. The number of halogens is 2. The van der Waals surface area contributed by atoms with E-state index in [0.29, 0.717) is 18.5 Å². The number of benzene rings is 1. The summed E-state index contributed by atoms with van der Waals surface area (Å²) in [5.41, 5.74) is 7.34. The van der Waals surface area contributed by atoms with E-state index in [4.69, 9.17) is 22.1 Å². The van der Waals surface area contributed by atoms with Crippen molar-refractivity contribution in [1.82, 2.24) is 9.80 Å². The van der Waals surface area contributed by atoms with Crippen molar-refractivity contribution in [3.63, 3.8) is 0 Å². The third-order valence-electron chi connectivity index (χ3n) is 4.60. The van der Waals surface area contributed by atoms with Crippen LogP contribution in [0.3, 0.4) is 0 Å². The lowest BCUT2D eigenvalue weighted by Crippen LogP contribution is -2.41. The molecule has 1 aliphatic heterocycles. The number of guanidine groups is 1. The predicted octanol–water partition coefficient (Wildman–Crippen LogP) is 2.74. The molecule has 1 aromatic rings. The third kappa shape index (κ3) is 5.21. The molecule has 134 valence electrons. The first-order chi connectivity index (χ1) is 11.1. The van der Waals surface area contributed by atoms with Gasteiger partial charge >= 0.3 is 0 Å². The smallest absolute Gasteiger partial charge is 0.191 e. The van der Waals surface area contributed by atoms with E-state index >= 15 is 0 Å². The molecular formula is C17H26ClIN4O. The van der Waals surface area contributed by atoms with Crippen molar-refractivity contribution in [2.75, 3.05) is 39.9 Å². The van der Waals surface area contributed by atoms with Crippen molar-refractivity contribution >= 4 is 41.5 Å². The fourth-order valence-electron chi connectivity index (χ4n) is 2.98.